The molecular formula is C13H10BrFN4. The molecule has 0 aliphatic carbocycles. The number of rotatable bonds is 1. The number of benzene rings is 1. The molecule has 0 saturated heterocycles. The Morgan fingerprint density at radius 1 is 1.32 bits per heavy atom. The van der Waals surface area contributed by atoms with Crippen LogP contribution in [0.2, 0.25) is 0 Å². The van der Waals surface area contributed by atoms with E-state index in [9.17, 15) is 4.39 Å². The molecule has 0 unspecified atom stereocenters. The minimum Gasteiger partial charge on any atom is -0.369 e. The third-order valence-corrected chi connectivity index (χ3v) is 3.42. The number of aromatic nitrogens is 3. The zero-order valence-electron chi connectivity index (χ0n) is 10.1. The van der Waals surface area contributed by atoms with Gasteiger partial charge < -0.3 is 5.73 Å². The van der Waals surface area contributed by atoms with E-state index in [-0.39, 0.29) is 11.8 Å². The molecule has 19 heavy (non-hydrogen) atoms. The Morgan fingerprint density at radius 2 is 2.11 bits per heavy atom. The highest BCUT2D eigenvalue weighted by Gasteiger charge is 2.15. The Balaban J connectivity index is 2.39. The SMILES string of the molecule is Cc1ccnc2c1nc(N)n2-c1cc(Br)ccc1F. The summed E-state index contributed by atoms with van der Waals surface area (Å²) in [5.41, 5.74) is 8.41. The van der Waals surface area contributed by atoms with E-state index in [1.54, 1.807) is 18.3 Å². The number of fused-ring (bicyclic) bond motifs is 1. The molecule has 0 bridgehead atoms. The number of nitrogens with zero attached hydrogens (tertiary/aromatic N) is 3. The molecule has 0 amide bonds. The number of pyridine rings is 1. The molecular weight excluding hydrogens is 311 g/mol. The fourth-order valence-corrected chi connectivity index (χ4v) is 2.35. The van der Waals surface area contributed by atoms with Gasteiger partial charge >= 0.3 is 0 Å². The number of anilines is 1. The van der Waals surface area contributed by atoms with Crippen molar-refractivity contribution in [2.45, 2.75) is 6.92 Å². The summed E-state index contributed by atoms with van der Waals surface area (Å²) < 4.78 is 16.3. The van der Waals surface area contributed by atoms with Crippen LogP contribution < -0.4 is 5.73 Å². The molecule has 1 aromatic carbocycles. The van der Waals surface area contributed by atoms with Crippen molar-refractivity contribution >= 4 is 33.0 Å². The van der Waals surface area contributed by atoms with E-state index >= 15 is 0 Å². The first kappa shape index (κ1) is 12.1. The highest BCUT2D eigenvalue weighted by atomic mass is 79.9. The van der Waals surface area contributed by atoms with Crippen molar-refractivity contribution in [2.24, 2.45) is 0 Å². The highest BCUT2D eigenvalue weighted by Crippen LogP contribution is 2.27. The zero-order valence-corrected chi connectivity index (χ0v) is 11.6. The van der Waals surface area contributed by atoms with Gasteiger partial charge in [-0.15, -0.1) is 0 Å². The summed E-state index contributed by atoms with van der Waals surface area (Å²) >= 11 is 3.32. The number of imidazole rings is 1. The summed E-state index contributed by atoms with van der Waals surface area (Å²) in [5, 5.41) is 0. The second-order valence-corrected chi connectivity index (χ2v) is 5.12. The number of hydrogen-bond donors (Lipinski definition) is 1. The maximum absolute atomic E-state index is 14.0. The Labute approximate surface area is 117 Å². The topological polar surface area (TPSA) is 56.7 Å². The minimum atomic E-state index is -0.377. The van der Waals surface area contributed by atoms with Gasteiger partial charge in [0.15, 0.2) is 5.65 Å². The van der Waals surface area contributed by atoms with Crippen LogP contribution in [-0.2, 0) is 0 Å². The molecule has 0 saturated carbocycles. The first-order chi connectivity index (χ1) is 9.08. The predicted octanol–water partition coefficient (Wildman–Crippen LogP) is 3.21. The van der Waals surface area contributed by atoms with Crippen LogP contribution >= 0.6 is 15.9 Å². The molecule has 0 fully saturated rings. The Morgan fingerprint density at radius 3 is 2.89 bits per heavy atom. The van der Waals surface area contributed by atoms with Crippen LogP contribution in [0.1, 0.15) is 5.56 Å². The number of hydrogen-bond acceptors (Lipinski definition) is 3. The largest absolute Gasteiger partial charge is 0.369 e. The molecule has 0 radical (unpaired) electrons. The molecule has 96 valence electrons. The second-order valence-electron chi connectivity index (χ2n) is 4.20. The van der Waals surface area contributed by atoms with Crippen LogP contribution in [-0.4, -0.2) is 14.5 Å². The van der Waals surface area contributed by atoms with Crippen LogP contribution in [0.25, 0.3) is 16.9 Å². The van der Waals surface area contributed by atoms with Gasteiger partial charge in [-0.25, -0.2) is 14.4 Å². The molecule has 3 rings (SSSR count). The normalized spacial score (nSPS) is 11.1. The van der Waals surface area contributed by atoms with E-state index in [2.05, 4.69) is 25.9 Å². The molecule has 2 heterocycles. The summed E-state index contributed by atoms with van der Waals surface area (Å²) in [6.45, 7) is 1.91. The lowest BCUT2D eigenvalue weighted by molar-refractivity contribution is 0.619. The van der Waals surface area contributed by atoms with Crippen LogP contribution in [0.3, 0.4) is 0 Å². The average Bonchev–Trinajstić information content (AvgIpc) is 2.70. The van der Waals surface area contributed by atoms with Crippen molar-refractivity contribution in [2.75, 3.05) is 5.73 Å². The van der Waals surface area contributed by atoms with Gasteiger partial charge in [0.05, 0.1) is 5.69 Å². The molecule has 2 N–H and O–H groups in total. The van der Waals surface area contributed by atoms with Crippen LogP contribution in [0, 0.1) is 12.7 Å². The minimum absolute atomic E-state index is 0.216. The molecule has 4 nitrogen and oxygen atoms in total. The first-order valence-electron chi connectivity index (χ1n) is 5.63. The fraction of sp³-hybridized carbons (Fsp3) is 0.0769. The van der Waals surface area contributed by atoms with Gasteiger partial charge in [0.25, 0.3) is 0 Å². The Bertz CT molecular complexity index is 782. The average molecular weight is 321 g/mol. The standard InChI is InChI=1S/C13H10BrFN4/c1-7-4-5-17-12-11(7)18-13(16)19(12)10-6-8(14)2-3-9(10)15/h2-6H,1H3,(H2,16,18). The van der Waals surface area contributed by atoms with E-state index in [0.717, 1.165) is 10.0 Å². The lowest BCUT2D eigenvalue weighted by Crippen LogP contribution is -2.03. The maximum atomic E-state index is 14.0. The molecule has 0 atom stereocenters. The highest BCUT2D eigenvalue weighted by molar-refractivity contribution is 9.10. The number of halogens is 2. The van der Waals surface area contributed by atoms with E-state index in [0.29, 0.717) is 16.9 Å². The van der Waals surface area contributed by atoms with Gasteiger partial charge in [0, 0.05) is 10.7 Å². The van der Waals surface area contributed by atoms with Crippen molar-refractivity contribution in [3.05, 3.63) is 46.3 Å². The predicted molar refractivity (Wildman–Crippen MR) is 75.7 cm³/mol. The van der Waals surface area contributed by atoms with Gasteiger partial charge in [0.2, 0.25) is 5.95 Å². The lowest BCUT2D eigenvalue weighted by Gasteiger charge is -2.07. The molecule has 0 aliphatic heterocycles. The first-order valence-corrected chi connectivity index (χ1v) is 6.42. The third kappa shape index (κ3) is 1.88. The smallest absolute Gasteiger partial charge is 0.207 e. The van der Waals surface area contributed by atoms with Gasteiger partial charge in [-0.3, -0.25) is 4.57 Å². The van der Waals surface area contributed by atoms with Crippen molar-refractivity contribution in [3.8, 4) is 5.69 Å². The van der Waals surface area contributed by atoms with Crippen LogP contribution in [0.15, 0.2) is 34.9 Å². The molecule has 0 aliphatic rings. The summed E-state index contributed by atoms with van der Waals surface area (Å²) in [6, 6.07) is 6.50. The lowest BCUT2D eigenvalue weighted by atomic mass is 10.2. The monoisotopic (exact) mass is 320 g/mol. The fourth-order valence-electron chi connectivity index (χ4n) is 2.01. The molecule has 6 heteroatoms. The Kier molecular flexibility index (Phi) is 2.74. The number of nitrogen functional groups attached to an aromatic ring is 1. The van der Waals surface area contributed by atoms with Gasteiger partial charge in [-0.05, 0) is 36.8 Å². The van der Waals surface area contributed by atoms with Gasteiger partial charge in [-0.2, -0.15) is 0 Å². The van der Waals surface area contributed by atoms with E-state index in [1.165, 1.54) is 10.6 Å². The third-order valence-electron chi connectivity index (χ3n) is 2.92. The van der Waals surface area contributed by atoms with Crippen molar-refractivity contribution in [1.82, 2.24) is 14.5 Å². The van der Waals surface area contributed by atoms with Crippen molar-refractivity contribution in [3.63, 3.8) is 0 Å². The Hall–Kier alpha value is -1.95. The summed E-state index contributed by atoms with van der Waals surface area (Å²) in [5.74, 6) is -0.161. The van der Waals surface area contributed by atoms with Crippen LogP contribution in [0.4, 0.5) is 10.3 Å². The zero-order chi connectivity index (χ0) is 13.6. The molecule has 2 aromatic heterocycles. The summed E-state index contributed by atoms with van der Waals surface area (Å²) in [7, 11) is 0. The quantitative estimate of drug-likeness (QED) is 0.749. The van der Waals surface area contributed by atoms with Gasteiger partial charge in [0.1, 0.15) is 11.3 Å². The second kappa shape index (κ2) is 4.31. The van der Waals surface area contributed by atoms with Crippen molar-refractivity contribution < 1.29 is 4.39 Å². The molecule has 0 spiro atoms. The van der Waals surface area contributed by atoms with Crippen molar-refractivity contribution in [1.29, 1.82) is 0 Å². The molecule has 3 aromatic rings. The number of aryl methyl sites for hydroxylation is 1. The summed E-state index contributed by atoms with van der Waals surface area (Å²) in [6.07, 6.45) is 1.66. The van der Waals surface area contributed by atoms with Crippen LogP contribution in [0.5, 0.6) is 0 Å². The number of nitrogens with two attached hydrogens (primary N) is 1. The van der Waals surface area contributed by atoms with E-state index in [4.69, 9.17) is 5.73 Å². The maximum Gasteiger partial charge on any atom is 0.207 e. The summed E-state index contributed by atoms with van der Waals surface area (Å²) in [4.78, 5) is 8.50. The van der Waals surface area contributed by atoms with Gasteiger partial charge in [-0.1, -0.05) is 15.9 Å². The van der Waals surface area contributed by atoms with E-state index in [1.807, 2.05) is 13.0 Å². The van der Waals surface area contributed by atoms with E-state index < -0.39 is 0 Å².